The molecule has 0 fully saturated rings. The summed E-state index contributed by atoms with van der Waals surface area (Å²) in [5.41, 5.74) is 0. The predicted octanol–water partition coefficient (Wildman–Crippen LogP) is -3.20. The molecule has 6 heteroatoms. The van der Waals surface area contributed by atoms with Gasteiger partial charge in [-0.1, -0.05) is 0 Å². The maximum Gasteiger partial charge on any atom is 1.00 e. The fourth-order valence-electron chi connectivity index (χ4n) is 0. The first-order valence-electron chi connectivity index (χ1n) is 0.532. The van der Waals surface area contributed by atoms with Crippen molar-refractivity contribution in [2.75, 3.05) is 0 Å². The first-order chi connectivity index (χ1) is 1.73. The van der Waals surface area contributed by atoms with Gasteiger partial charge in [0, 0.05) is 22.4 Å². The van der Waals surface area contributed by atoms with Crippen LogP contribution in [0.4, 0.5) is 0 Å². The second-order valence-electron chi connectivity index (χ2n) is 0.231. The minimum Gasteiger partial charge on any atom is -1.00 e. The molecular formula is H3AuLiO3S. The van der Waals surface area contributed by atoms with E-state index in [-0.39, 0.29) is 42.7 Å². The van der Waals surface area contributed by atoms with Gasteiger partial charge in [0.05, 0.1) is 0 Å². The van der Waals surface area contributed by atoms with E-state index in [4.69, 9.17) is 13.3 Å². The van der Waals surface area contributed by atoms with Gasteiger partial charge in [0.2, 0.25) is 0 Å². The standard InChI is InChI=1S/Au.Li.H2O3S.H/c;;1-4(2)3;/h;;(H2,1,2,3);/q;+1;;-1. The van der Waals surface area contributed by atoms with E-state index in [1.807, 2.05) is 0 Å². The molecule has 0 aliphatic heterocycles. The molecular weight excluding hydrogens is 284 g/mol. The summed E-state index contributed by atoms with van der Waals surface area (Å²) in [6, 6.07) is 0. The molecule has 6 heavy (non-hydrogen) atoms. The summed E-state index contributed by atoms with van der Waals surface area (Å²) < 4.78 is 22.8. The zero-order valence-corrected chi connectivity index (χ0v) is 6.00. The zero-order chi connectivity index (χ0) is 3.58. The van der Waals surface area contributed by atoms with Gasteiger partial charge in [0.15, 0.2) is 0 Å². The molecule has 0 bridgehead atoms. The van der Waals surface area contributed by atoms with Gasteiger partial charge in [-0.2, -0.15) is 4.21 Å². The predicted molar refractivity (Wildman–Crippen MR) is 14.5 cm³/mol. The van der Waals surface area contributed by atoms with E-state index >= 15 is 0 Å². The Morgan fingerprint density at radius 3 is 1.50 bits per heavy atom. The molecule has 0 saturated heterocycles. The van der Waals surface area contributed by atoms with Crippen molar-refractivity contribution in [3.63, 3.8) is 0 Å². The maximum absolute atomic E-state index is 8.67. The average Bonchev–Trinajstić information content (AvgIpc) is 0.811. The molecule has 0 aliphatic carbocycles. The van der Waals surface area contributed by atoms with E-state index in [1.54, 1.807) is 0 Å². The molecule has 0 aliphatic rings. The van der Waals surface area contributed by atoms with E-state index < -0.39 is 11.4 Å². The van der Waals surface area contributed by atoms with Crippen molar-refractivity contribution in [1.82, 2.24) is 0 Å². The van der Waals surface area contributed by atoms with Crippen LogP contribution in [0.1, 0.15) is 1.43 Å². The molecule has 0 aromatic heterocycles. The second-order valence-corrected chi connectivity index (χ2v) is 0.692. The quantitative estimate of drug-likeness (QED) is 0.364. The Bertz CT molecular complexity index is 37.9. The zero-order valence-electron chi connectivity index (χ0n) is 4.01. The fraction of sp³-hybridized carbons (Fsp3) is 0. The van der Waals surface area contributed by atoms with Crippen molar-refractivity contribution in [3.05, 3.63) is 0 Å². The van der Waals surface area contributed by atoms with Crippen LogP contribution >= 0.6 is 0 Å². The van der Waals surface area contributed by atoms with Crippen molar-refractivity contribution in [2.45, 2.75) is 0 Å². The van der Waals surface area contributed by atoms with Gasteiger partial charge in [-0.25, -0.2) is 0 Å². The minimum atomic E-state index is -2.61. The third-order valence-corrected chi connectivity index (χ3v) is 0. The monoisotopic (exact) mass is 287 g/mol. The first-order valence-corrected chi connectivity index (χ1v) is 1.60. The van der Waals surface area contributed by atoms with Crippen LogP contribution in [0.25, 0.3) is 0 Å². The van der Waals surface area contributed by atoms with Gasteiger partial charge in [0.1, 0.15) is 0 Å². The normalized spacial score (nSPS) is 5.83. The van der Waals surface area contributed by atoms with Gasteiger partial charge in [-0.15, -0.1) is 0 Å². The topological polar surface area (TPSA) is 57.5 Å². The molecule has 2 N–H and O–H groups in total. The van der Waals surface area contributed by atoms with Crippen LogP contribution in [0.3, 0.4) is 0 Å². The fourth-order valence-corrected chi connectivity index (χ4v) is 0. The van der Waals surface area contributed by atoms with Crippen LogP contribution in [-0.4, -0.2) is 13.3 Å². The van der Waals surface area contributed by atoms with Crippen LogP contribution in [-0.2, 0) is 33.7 Å². The van der Waals surface area contributed by atoms with Gasteiger partial charge in [-0.3, -0.25) is 9.11 Å². The van der Waals surface area contributed by atoms with Crippen molar-refractivity contribution < 1.29 is 56.0 Å². The van der Waals surface area contributed by atoms with E-state index in [1.165, 1.54) is 0 Å². The Balaban J connectivity index is -0.0000000150. The molecule has 0 heterocycles. The number of hydrogen-bond acceptors (Lipinski definition) is 1. The van der Waals surface area contributed by atoms with Gasteiger partial charge in [0.25, 0.3) is 11.4 Å². The first kappa shape index (κ1) is 15.7. The molecule has 1 radical (unpaired) electrons. The summed E-state index contributed by atoms with van der Waals surface area (Å²) >= 11 is -2.61. The van der Waals surface area contributed by atoms with Crippen LogP contribution < -0.4 is 18.9 Å². The second kappa shape index (κ2) is 9.64. The Kier molecular flexibility index (Phi) is 25.2. The smallest absolute Gasteiger partial charge is 1.00 e. The Hall–Kier alpha value is 1.41. The molecule has 39 valence electrons. The summed E-state index contributed by atoms with van der Waals surface area (Å²) in [6.45, 7) is 0. The van der Waals surface area contributed by atoms with Gasteiger partial charge < -0.3 is 1.43 Å². The molecule has 0 amide bonds. The molecule has 0 spiro atoms. The molecule has 0 rings (SSSR count). The van der Waals surface area contributed by atoms with Gasteiger partial charge in [-0.05, 0) is 0 Å². The summed E-state index contributed by atoms with van der Waals surface area (Å²) in [6.07, 6.45) is 0. The van der Waals surface area contributed by atoms with Crippen LogP contribution in [0, 0.1) is 0 Å². The molecule has 0 aromatic carbocycles. The van der Waals surface area contributed by atoms with Crippen molar-refractivity contribution >= 4 is 11.4 Å². The van der Waals surface area contributed by atoms with Crippen molar-refractivity contribution in [3.8, 4) is 0 Å². The molecule has 0 unspecified atom stereocenters. The third-order valence-electron chi connectivity index (χ3n) is 0. The van der Waals surface area contributed by atoms with Gasteiger partial charge >= 0.3 is 18.9 Å². The SMILES string of the molecule is O=S(O)O.[Au].[H-].[Li+]. The Morgan fingerprint density at radius 1 is 1.50 bits per heavy atom. The van der Waals surface area contributed by atoms with Crippen molar-refractivity contribution in [1.29, 1.82) is 0 Å². The average molecular weight is 287 g/mol. The van der Waals surface area contributed by atoms with Crippen LogP contribution in [0.15, 0.2) is 0 Å². The van der Waals surface area contributed by atoms with E-state index in [9.17, 15) is 0 Å². The van der Waals surface area contributed by atoms with Crippen LogP contribution in [0.2, 0.25) is 0 Å². The summed E-state index contributed by atoms with van der Waals surface area (Å²) in [4.78, 5) is 0. The van der Waals surface area contributed by atoms with E-state index in [0.29, 0.717) is 0 Å². The molecule has 3 nitrogen and oxygen atoms in total. The van der Waals surface area contributed by atoms with Crippen LogP contribution in [0.5, 0.6) is 0 Å². The number of rotatable bonds is 0. The Morgan fingerprint density at radius 2 is 1.50 bits per heavy atom. The van der Waals surface area contributed by atoms with E-state index in [2.05, 4.69) is 0 Å². The largest absolute Gasteiger partial charge is 1.00 e. The summed E-state index contributed by atoms with van der Waals surface area (Å²) in [7, 11) is 0. The Labute approximate surface area is 67.2 Å². The minimum absolute atomic E-state index is 0. The molecule has 0 saturated carbocycles. The maximum atomic E-state index is 8.67. The van der Waals surface area contributed by atoms with E-state index in [0.717, 1.165) is 0 Å². The molecule has 0 aromatic rings. The summed E-state index contributed by atoms with van der Waals surface area (Å²) in [5.74, 6) is 0. The number of hydrogen-bond donors (Lipinski definition) is 2. The summed E-state index contributed by atoms with van der Waals surface area (Å²) in [5, 5.41) is 0. The van der Waals surface area contributed by atoms with Crippen molar-refractivity contribution in [2.24, 2.45) is 0 Å². The third kappa shape index (κ3) is 53.0. The molecule has 0 atom stereocenters.